The number of hydrogen-bond donors (Lipinski definition) is 2. The predicted octanol–water partition coefficient (Wildman–Crippen LogP) is 3.53. The van der Waals surface area contributed by atoms with Crippen LogP contribution in [-0.4, -0.2) is 28.3 Å². The molecule has 1 atom stereocenters. The van der Waals surface area contributed by atoms with E-state index >= 15 is 0 Å². The van der Waals surface area contributed by atoms with Crippen molar-refractivity contribution in [2.24, 2.45) is 18.0 Å². The summed E-state index contributed by atoms with van der Waals surface area (Å²) in [6.07, 6.45) is 2.39. The first-order chi connectivity index (χ1) is 10.3. The molecular weight excluding hydrogens is 401 g/mol. The Morgan fingerprint density at radius 3 is 2.35 bits per heavy atom. The van der Waals surface area contributed by atoms with E-state index in [2.05, 4.69) is 50.4 Å². The molecule has 1 aromatic rings. The van der Waals surface area contributed by atoms with Crippen molar-refractivity contribution >= 4 is 29.9 Å². The molecule has 0 bridgehead atoms. The zero-order chi connectivity index (χ0) is 16.7. The van der Waals surface area contributed by atoms with Crippen LogP contribution in [0.4, 0.5) is 0 Å². The second kappa shape index (κ2) is 10.9. The van der Waals surface area contributed by atoms with Gasteiger partial charge in [0, 0.05) is 30.9 Å². The van der Waals surface area contributed by atoms with Gasteiger partial charge in [0.05, 0.1) is 12.2 Å². The Bertz CT molecular complexity index is 493. The average molecular weight is 435 g/mol. The topological polar surface area (TPSA) is 54.2 Å². The van der Waals surface area contributed by atoms with Gasteiger partial charge in [0.2, 0.25) is 0 Å². The van der Waals surface area contributed by atoms with E-state index in [-0.39, 0.29) is 24.0 Å². The lowest BCUT2D eigenvalue weighted by Crippen LogP contribution is -2.42. The first-order valence-corrected chi connectivity index (χ1v) is 8.39. The first kappa shape index (κ1) is 22.2. The molecule has 1 unspecified atom stereocenters. The molecule has 0 spiro atoms. The number of hydrogen-bond acceptors (Lipinski definition) is 2. The molecule has 2 N–H and O–H groups in total. The minimum atomic E-state index is 0. The highest BCUT2D eigenvalue weighted by atomic mass is 127. The molecule has 0 saturated carbocycles. The molecule has 0 saturated heterocycles. The zero-order valence-electron chi connectivity index (χ0n) is 15.7. The molecule has 1 heterocycles. The molecule has 0 aliphatic rings. The summed E-state index contributed by atoms with van der Waals surface area (Å²) in [7, 11) is 1.98. The number of rotatable bonds is 7. The Labute approximate surface area is 158 Å². The maximum absolute atomic E-state index is 4.73. The predicted molar refractivity (Wildman–Crippen MR) is 110 cm³/mol. The van der Waals surface area contributed by atoms with Crippen LogP contribution in [0.3, 0.4) is 0 Å². The number of aliphatic imine (C=N–C) groups is 1. The van der Waals surface area contributed by atoms with Crippen LogP contribution in [0, 0.1) is 19.8 Å². The van der Waals surface area contributed by atoms with Gasteiger partial charge in [-0.3, -0.25) is 4.68 Å². The molecule has 0 fully saturated rings. The molecule has 1 aromatic heterocycles. The summed E-state index contributed by atoms with van der Waals surface area (Å²) in [5.41, 5.74) is 3.46. The highest BCUT2D eigenvalue weighted by Gasteiger charge is 2.10. The lowest BCUT2D eigenvalue weighted by atomic mass is 10.0. The van der Waals surface area contributed by atoms with Crippen molar-refractivity contribution in [2.45, 2.75) is 67.0 Å². The van der Waals surface area contributed by atoms with E-state index in [1.807, 2.05) is 18.7 Å². The smallest absolute Gasteiger partial charge is 0.191 e. The van der Waals surface area contributed by atoms with Gasteiger partial charge in [0.15, 0.2) is 5.96 Å². The molecule has 0 aliphatic carbocycles. The number of halogens is 1. The molecule has 0 amide bonds. The second-order valence-corrected chi connectivity index (χ2v) is 6.48. The fraction of sp³-hybridized carbons (Fsp3) is 0.765. The van der Waals surface area contributed by atoms with Crippen LogP contribution in [0.15, 0.2) is 4.99 Å². The minimum absolute atomic E-state index is 0. The molecule has 6 heteroatoms. The molecule has 1 rings (SSSR count). The van der Waals surface area contributed by atoms with E-state index in [4.69, 9.17) is 4.99 Å². The number of aryl methyl sites for hydroxylation is 2. The van der Waals surface area contributed by atoms with E-state index < -0.39 is 0 Å². The monoisotopic (exact) mass is 435 g/mol. The van der Waals surface area contributed by atoms with Crippen molar-refractivity contribution in [3.05, 3.63) is 17.0 Å². The van der Waals surface area contributed by atoms with E-state index in [0.717, 1.165) is 30.5 Å². The molecule has 0 aliphatic heterocycles. The van der Waals surface area contributed by atoms with Gasteiger partial charge < -0.3 is 10.6 Å². The molecule has 134 valence electrons. The standard InChI is InChI=1S/C17H33N5.HI/c1-8-18-17(20-13(4)10-9-12(2)3)19-11-16-14(5)21-22(7)15(16)6;/h12-13H,8-11H2,1-7H3,(H2,18,19,20);1H. The SMILES string of the molecule is CCNC(=NCc1c(C)nn(C)c1C)NC(C)CCC(C)C.I. The summed E-state index contributed by atoms with van der Waals surface area (Å²) in [4.78, 5) is 4.73. The molecular formula is C17H34IN5. The lowest BCUT2D eigenvalue weighted by Gasteiger charge is -2.18. The Balaban J connectivity index is 0.00000484. The number of nitrogens with one attached hydrogen (secondary N) is 2. The van der Waals surface area contributed by atoms with Gasteiger partial charge in [-0.2, -0.15) is 5.10 Å². The zero-order valence-corrected chi connectivity index (χ0v) is 18.1. The van der Waals surface area contributed by atoms with Gasteiger partial charge in [-0.1, -0.05) is 13.8 Å². The fourth-order valence-corrected chi connectivity index (χ4v) is 2.41. The van der Waals surface area contributed by atoms with Gasteiger partial charge in [-0.05, 0) is 46.5 Å². The summed E-state index contributed by atoms with van der Waals surface area (Å²) in [6.45, 7) is 14.5. The Morgan fingerprint density at radius 1 is 1.22 bits per heavy atom. The van der Waals surface area contributed by atoms with Crippen LogP contribution < -0.4 is 10.6 Å². The molecule has 0 aromatic carbocycles. The van der Waals surface area contributed by atoms with Crippen molar-refractivity contribution in [3.63, 3.8) is 0 Å². The quantitative estimate of drug-likeness (QED) is 0.392. The number of guanidine groups is 1. The van der Waals surface area contributed by atoms with Crippen molar-refractivity contribution < 1.29 is 0 Å². The first-order valence-electron chi connectivity index (χ1n) is 8.39. The molecule has 0 radical (unpaired) electrons. The highest BCUT2D eigenvalue weighted by molar-refractivity contribution is 14.0. The summed E-state index contributed by atoms with van der Waals surface area (Å²) in [5.74, 6) is 1.63. The Kier molecular flexibility index (Phi) is 10.5. The summed E-state index contributed by atoms with van der Waals surface area (Å²) < 4.78 is 1.92. The summed E-state index contributed by atoms with van der Waals surface area (Å²) in [6, 6.07) is 0.427. The number of nitrogens with zero attached hydrogens (tertiary/aromatic N) is 3. The fourth-order valence-electron chi connectivity index (χ4n) is 2.41. The normalized spacial score (nSPS) is 13.0. The van der Waals surface area contributed by atoms with Crippen LogP contribution in [0.25, 0.3) is 0 Å². The van der Waals surface area contributed by atoms with Gasteiger partial charge in [0.1, 0.15) is 0 Å². The largest absolute Gasteiger partial charge is 0.357 e. The maximum atomic E-state index is 4.73. The van der Waals surface area contributed by atoms with Crippen molar-refractivity contribution in [1.29, 1.82) is 0 Å². The van der Waals surface area contributed by atoms with Crippen molar-refractivity contribution in [3.8, 4) is 0 Å². The van der Waals surface area contributed by atoms with Gasteiger partial charge in [-0.15, -0.1) is 24.0 Å². The Morgan fingerprint density at radius 2 is 1.87 bits per heavy atom. The third kappa shape index (κ3) is 7.54. The Hall–Kier alpha value is -0.790. The van der Waals surface area contributed by atoms with Gasteiger partial charge in [-0.25, -0.2) is 4.99 Å². The lowest BCUT2D eigenvalue weighted by molar-refractivity contribution is 0.489. The highest BCUT2D eigenvalue weighted by Crippen LogP contribution is 2.13. The van der Waals surface area contributed by atoms with Crippen molar-refractivity contribution in [2.75, 3.05) is 6.54 Å². The van der Waals surface area contributed by atoms with Crippen LogP contribution >= 0.6 is 24.0 Å². The third-order valence-corrected chi connectivity index (χ3v) is 3.96. The van der Waals surface area contributed by atoms with Crippen molar-refractivity contribution in [1.82, 2.24) is 20.4 Å². The van der Waals surface area contributed by atoms with E-state index in [1.165, 1.54) is 17.7 Å². The van der Waals surface area contributed by atoms with Crippen LogP contribution in [0.1, 0.15) is 57.5 Å². The van der Waals surface area contributed by atoms with E-state index in [0.29, 0.717) is 12.6 Å². The number of aromatic nitrogens is 2. The maximum Gasteiger partial charge on any atom is 0.191 e. The van der Waals surface area contributed by atoms with Gasteiger partial charge >= 0.3 is 0 Å². The minimum Gasteiger partial charge on any atom is -0.357 e. The molecule has 5 nitrogen and oxygen atoms in total. The third-order valence-electron chi connectivity index (χ3n) is 3.96. The van der Waals surface area contributed by atoms with E-state index in [1.54, 1.807) is 0 Å². The average Bonchev–Trinajstić information content (AvgIpc) is 2.68. The van der Waals surface area contributed by atoms with Crippen LogP contribution in [0.5, 0.6) is 0 Å². The van der Waals surface area contributed by atoms with Gasteiger partial charge in [0.25, 0.3) is 0 Å². The summed E-state index contributed by atoms with van der Waals surface area (Å²) >= 11 is 0. The van der Waals surface area contributed by atoms with E-state index in [9.17, 15) is 0 Å². The van der Waals surface area contributed by atoms with Crippen LogP contribution in [-0.2, 0) is 13.6 Å². The molecule has 23 heavy (non-hydrogen) atoms. The summed E-state index contributed by atoms with van der Waals surface area (Å²) in [5, 5.41) is 11.3. The van der Waals surface area contributed by atoms with Crippen LogP contribution in [0.2, 0.25) is 0 Å². The second-order valence-electron chi connectivity index (χ2n) is 6.48.